The number of hydrogen-bond donors (Lipinski definition) is 1. The van der Waals surface area contributed by atoms with E-state index >= 15 is 0 Å². The topological polar surface area (TPSA) is 79.2 Å². The molecule has 0 saturated heterocycles. The van der Waals surface area contributed by atoms with Gasteiger partial charge in [0.15, 0.2) is 0 Å². The van der Waals surface area contributed by atoms with E-state index in [4.69, 9.17) is 10.00 Å². The number of nitrogens with zero attached hydrogens (tertiary/aromatic N) is 1. The molecule has 0 atom stereocenters. The number of benzene rings is 1. The highest BCUT2D eigenvalue weighted by atomic mass is 32.2. The number of ether oxygens (including phenoxy) is 1. The van der Waals surface area contributed by atoms with Crippen molar-refractivity contribution >= 4 is 10.0 Å². The van der Waals surface area contributed by atoms with E-state index in [1.807, 2.05) is 13.0 Å². The number of rotatable bonds is 8. The van der Waals surface area contributed by atoms with Crippen LogP contribution in [-0.2, 0) is 14.8 Å². The first-order chi connectivity index (χ1) is 9.51. The standard InChI is InChI=1S/C14H20N2O3S/c1-3-8-19-9-4-7-16-20(17,18)14-6-5-13(11-15)10-12(14)2/h5-6,10,16H,3-4,7-9H2,1-2H3. The Morgan fingerprint density at radius 3 is 2.70 bits per heavy atom. The molecule has 0 aromatic heterocycles. The summed E-state index contributed by atoms with van der Waals surface area (Å²) in [5.74, 6) is 0. The quantitative estimate of drug-likeness (QED) is 0.744. The second-order valence-electron chi connectivity index (χ2n) is 4.46. The smallest absolute Gasteiger partial charge is 0.240 e. The molecule has 1 aromatic carbocycles. The average molecular weight is 296 g/mol. The van der Waals surface area contributed by atoms with Crippen LogP contribution in [0.1, 0.15) is 30.9 Å². The van der Waals surface area contributed by atoms with Gasteiger partial charge in [0.05, 0.1) is 16.5 Å². The first kappa shape index (κ1) is 16.6. The summed E-state index contributed by atoms with van der Waals surface area (Å²) in [7, 11) is -3.52. The summed E-state index contributed by atoms with van der Waals surface area (Å²) in [4.78, 5) is 0.214. The lowest BCUT2D eigenvalue weighted by molar-refractivity contribution is 0.133. The van der Waals surface area contributed by atoms with Crippen LogP contribution in [0.2, 0.25) is 0 Å². The van der Waals surface area contributed by atoms with Gasteiger partial charge in [0.25, 0.3) is 0 Å². The average Bonchev–Trinajstić information content (AvgIpc) is 2.42. The largest absolute Gasteiger partial charge is 0.381 e. The van der Waals surface area contributed by atoms with Crippen molar-refractivity contribution in [2.45, 2.75) is 31.6 Å². The van der Waals surface area contributed by atoms with Gasteiger partial charge >= 0.3 is 0 Å². The van der Waals surface area contributed by atoms with Gasteiger partial charge in [-0.1, -0.05) is 6.92 Å². The maximum Gasteiger partial charge on any atom is 0.240 e. The summed E-state index contributed by atoms with van der Waals surface area (Å²) in [6, 6.07) is 6.52. The molecular weight excluding hydrogens is 276 g/mol. The number of nitriles is 1. The molecule has 1 aromatic rings. The maximum absolute atomic E-state index is 12.1. The minimum absolute atomic E-state index is 0.214. The van der Waals surface area contributed by atoms with Gasteiger partial charge in [0.2, 0.25) is 10.0 Å². The SMILES string of the molecule is CCCOCCCNS(=O)(=O)c1ccc(C#N)cc1C. The molecule has 0 radical (unpaired) electrons. The zero-order valence-corrected chi connectivity index (χ0v) is 12.7. The van der Waals surface area contributed by atoms with Crippen molar-refractivity contribution in [3.63, 3.8) is 0 Å². The molecule has 0 unspecified atom stereocenters. The summed E-state index contributed by atoms with van der Waals surface area (Å²) in [6.45, 7) is 5.28. The molecule has 0 bridgehead atoms. The van der Waals surface area contributed by atoms with Crippen LogP contribution in [0, 0.1) is 18.3 Å². The lowest BCUT2D eigenvalue weighted by atomic mass is 10.2. The molecule has 0 aliphatic heterocycles. The normalized spacial score (nSPS) is 11.2. The van der Waals surface area contributed by atoms with Crippen LogP contribution in [0.4, 0.5) is 0 Å². The number of nitrogens with one attached hydrogen (secondary N) is 1. The van der Waals surface area contributed by atoms with Gasteiger partial charge in [-0.25, -0.2) is 13.1 Å². The number of sulfonamides is 1. The summed E-state index contributed by atoms with van der Waals surface area (Å²) in [5, 5.41) is 8.77. The molecule has 0 amide bonds. The molecule has 1 rings (SSSR count). The molecular formula is C14H20N2O3S. The van der Waals surface area contributed by atoms with Gasteiger partial charge in [-0.15, -0.1) is 0 Å². The molecule has 20 heavy (non-hydrogen) atoms. The summed E-state index contributed by atoms with van der Waals surface area (Å²) >= 11 is 0. The Labute approximate surface area is 120 Å². The summed E-state index contributed by atoms with van der Waals surface area (Å²) in [5.41, 5.74) is 1.02. The zero-order valence-electron chi connectivity index (χ0n) is 11.8. The van der Waals surface area contributed by atoms with Crippen LogP contribution in [0.15, 0.2) is 23.1 Å². The van der Waals surface area contributed by atoms with Crippen molar-refractivity contribution in [2.75, 3.05) is 19.8 Å². The van der Waals surface area contributed by atoms with Crippen LogP contribution in [0.5, 0.6) is 0 Å². The molecule has 5 nitrogen and oxygen atoms in total. The van der Waals surface area contributed by atoms with E-state index in [0.29, 0.717) is 37.3 Å². The van der Waals surface area contributed by atoms with E-state index < -0.39 is 10.0 Å². The lowest BCUT2D eigenvalue weighted by Crippen LogP contribution is -2.26. The molecule has 0 saturated carbocycles. The Hall–Kier alpha value is -1.42. The van der Waals surface area contributed by atoms with Gasteiger partial charge in [0.1, 0.15) is 0 Å². The Kier molecular flexibility index (Phi) is 6.65. The Morgan fingerprint density at radius 2 is 2.10 bits per heavy atom. The molecule has 1 N–H and O–H groups in total. The third-order valence-corrected chi connectivity index (χ3v) is 4.32. The number of hydrogen-bond acceptors (Lipinski definition) is 4. The van der Waals surface area contributed by atoms with E-state index in [1.165, 1.54) is 12.1 Å². The molecule has 0 aliphatic rings. The zero-order chi connectivity index (χ0) is 15.0. The Balaban J connectivity index is 2.59. The van der Waals surface area contributed by atoms with Gasteiger partial charge in [-0.05, 0) is 43.5 Å². The molecule has 6 heteroatoms. The third-order valence-electron chi connectivity index (χ3n) is 2.70. The van der Waals surface area contributed by atoms with Crippen molar-refractivity contribution in [2.24, 2.45) is 0 Å². The molecule has 110 valence electrons. The number of aryl methyl sites for hydroxylation is 1. The molecule has 0 spiro atoms. The molecule has 0 aliphatic carbocycles. The third kappa shape index (κ3) is 4.93. The van der Waals surface area contributed by atoms with Crippen LogP contribution < -0.4 is 4.72 Å². The van der Waals surface area contributed by atoms with Crippen LogP contribution in [-0.4, -0.2) is 28.2 Å². The van der Waals surface area contributed by atoms with Crippen molar-refractivity contribution in [1.82, 2.24) is 4.72 Å². The highest BCUT2D eigenvalue weighted by Crippen LogP contribution is 2.16. The first-order valence-corrected chi connectivity index (χ1v) is 8.07. The van der Waals surface area contributed by atoms with E-state index in [9.17, 15) is 8.42 Å². The fourth-order valence-electron chi connectivity index (χ4n) is 1.73. The van der Waals surface area contributed by atoms with E-state index in [2.05, 4.69) is 4.72 Å². The lowest BCUT2D eigenvalue weighted by Gasteiger charge is -2.09. The Bertz CT molecular complexity index is 577. The van der Waals surface area contributed by atoms with Gasteiger partial charge in [-0.2, -0.15) is 5.26 Å². The van der Waals surface area contributed by atoms with Crippen molar-refractivity contribution in [3.8, 4) is 6.07 Å². The predicted octanol–water partition coefficient (Wildman–Crippen LogP) is 1.96. The van der Waals surface area contributed by atoms with Gasteiger partial charge in [0, 0.05) is 19.8 Å². The van der Waals surface area contributed by atoms with Crippen LogP contribution in [0.3, 0.4) is 0 Å². The van der Waals surface area contributed by atoms with E-state index in [-0.39, 0.29) is 4.90 Å². The minimum Gasteiger partial charge on any atom is -0.381 e. The van der Waals surface area contributed by atoms with E-state index in [0.717, 1.165) is 6.42 Å². The highest BCUT2D eigenvalue weighted by Gasteiger charge is 2.16. The predicted molar refractivity (Wildman–Crippen MR) is 76.8 cm³/mol. The summed E-state index contributed by atoms with van der Waals surface area (Å²) < 4.78 is 32.0. The monoisotopic (exact) mass is 296 g/mol. The first-order valence-electron chi connectivity index (χ1n) is 6.59. The minimum atomic E-state index is -3.52. The second kappa shape index (κ2) is 8.00. The summed E-state index contributed by atoms with van der Waals surface area (Å²) in [6.07, 6.45) is 1.59. The van der Waals surface area contributed by atoms with Crippen LogP contribution in [0.25, 0.3) is 0 Å². The van der Waals surface area contributed by atoms with Crippen molar-refractivity contribution < 1.29 is 13.2 Å². The van der Waals surface area contributed by atoms with E-state index in [1.54, 1.807) is 13.0 Å². The molecule has 0 heterocycles. The Morgan fingerprint density at radius 1 is 1.35 bits per heavy atom. The highest BCUT2D eigenvalue weighted by molar-refractivity contribution is 7.89. The van der Waals surface area contributed by atoms with Crippen LogP contribution >= 0.6 is 0 Å². The second-order valence-corrected chi connectivity index (χ2v) is 6.19. The fraction of sp³-hybridized carbons (Fsp3) is 0.500. The molecule has 0 fully saturated rings. The van der Waals surface area contributed by atoms with Gasteiger partial charge < -0.3 is 4.74 Å². The maximum atomic E-state index is 12.1. The van der Waals surface area contributed by atoms with Crippen molar-refractivity contribution in [1.29, 1.82) is 5.26 Å². The fourth-order valence-corrected chi connectivity index (χ4v) is 3.02. The van der Waals surface area contributed by atoms with Crippen molar-refractivity contribution in [3.05, 3.63) is 29.3 Å². The van der Waals surface area contributed by atoms with Gasteiger partial charge in [-0.3, -0.25) is 0 Å².